The number of anilines is 1. The molecule has 1 unspecified atom stereocenters. The highest BCUT2D eigenvalue weighted by atomic mass is 16.5. The number of hydrogen-bond acceptors (Lipinski definition) is 4. The first-order valence-electron chi connectivity index (χ1n) is 8.72. The lowest BCUT2D eigenvalue weighted by atomic mass is 10.1. The topological polar surface area (TPSA) is 73.4 Å². The third-order valence-corrected chi connectivity index (χ3v) is 4.81. The summed E-state index contributed by atoms with van der Waals surface area (Å²) in [7, 11) is 1.96. The van der Waals surface area contributed by atoms with Crippen molar-refractivity contribution in [1.82, 2.24) is 14.5 Å². The number of morpholine rings is 1. The largest absolute Gasteiger partial charge is 0.399 e. The van der Waals surface area contributed by atoms with Crippen molar-refractivity contribution in [3.8, 4) is 0 Å². The summed E-state index contributed by atoms with van der Waals surface area (Å²) in [6.07, 6.45) is 1.64. The third kappa shape index (κ3) is 2.93. The molecular weight excluding hydrogens is 328 g/mol. The number of aromatic nitrogens is 2. The zero-order valence-corrected chi connectivity index (χ0v) is 15.0. The number of pyridine rings is 1. The zero-order chi connectivity index (χ0) is 18.3. The van der Waals surface area contributed by atoms with E-state index >= 15 is 0 Å². The molecule has 0 spiro atoms. The summed E-state index contributed by atoms with van der Waals surface area (Å²) in [5.41, 5.74) is 10.00. The van der Waals surface area contributed by atoms with E-state index in [0.29, 0.717) is 25.4 Å². The van der Waals surface area contributed by atoms with Gasteiger partial charge in [-0.3, -0.25) is 9.78 Å². The quantitative estimate of drug-likeness (QED) is 0.771. The molecule has 2 aromatic heterocycles. The highest BCUT2D eigenvalue weighted by molar-refractivity contribution is 6.07. The van der Waals surface area contributed by atoms with Gasteiger partial charge in [0.2, 0.25) is 0 Å². The third-order valence-electron chi connectivity index (χ3n) is 4.81. The van der Waals surface area contributed by atoms with Gasteiger partial charge in [-0.2, -0.15) is 0 Å². The Morgan fingerprint density at radius 3 is 2.92 bits per heavy atom. The van der Waals surface area contributed by atoms with E-state index in [1.807, 2.05) is 66.0 Å². The lowest BCUT2D eigenvalue weighted by Crippen LogP contribution is -2.42. The maximum atomic E-state index is 13.1. The minimum atomic E-state index is -0.259. The Balaban J connectivity index is 1.62. The van der Waals surface area contributed by atoms with Crippen molar-refractivity contribution in [3.63, 3.8) is 0 Å². The Hall–Kier alpha value is -2.86. The van der Waals surface area contributed by atoms with Crippen LogP contribution in [0.4, 0.5) is 5.69 Å². The minimum absolute atomic E-state index is 0.0238. The van der Waals surface area contributed by atoms with E-state index in [1.165, 1.54) is 0 Å². The van der Waals surface area contributed by atoms with Gasteiger partial charge in [0.05, 0.1) is 24.4 Å². The molecule has 134 valence electrons. The lowest BCUT2D eigenvalue weighted by molar-refractivity contribution is -0.0246. The number of nitrogens with two attached hydrogens (primary N) is 1. The Kier molecular flexibility index (Phi) is 4.12. The van der Waals surface area contributed by atoms with Gasteiger partial charge in [-0.1, -0.05) is 18.2 Å². The molecule has 1 aliphatic heterocycles. The Bertz CT molecular complexity index is 959. The SMILES string of the molecule is Cc1cc(N)cc(C2CN(C(=O)c3cn(C)c4ccccc34)CCO2)n1. The molecule has 3 heterocycles. The number of nitrogen functional groups attached to an aromatic ring is 1. The molecule has 1 fully saturated rings. The molecule has 2 N–H and O–H groups in total. The van der Waals surface area contributed by atoms with Crippen LogP contribution in [0.2, 0.25) is 0 Å². The molecule has 4 rings (SSSR count). The number of rotatable bonds is 2. The molecule has 0 radical (unpaired) electrons. The predicted octanol–water partition coefficient (Wildman–Crippen LogP) is 2.68. The predicted molar refractivity (Wildman–Crippen MR) is 101 cm³/mol. The van der Waals surface area contributed by atoms with Crippen LogP contribution in [0.5, 0.6) is 0 Å². The molecule has 1 aromatic carbocycles. The van der Waals surface area contributed by atoms with Gasteiger partial charge in [0.25, 0.3) is 5.91 Å². The van der Waals surface area contributed by atoms with Gasteiger partial charge in [-0.15, -0.1) is 0 Å². The molecular formula is C20H22N4O2. The summed E-state index contributed by atoms with van der Waals surface area (Å²) in [5, 5.41) is 0.973. The van der Waals surface area contributed by atoms with Crippen molar-refractivity contribution in [3.05, 3.63) is 59.5 Å². The minimum Gasteiger partial charge on any atom is -0.399 e. The Morgan fingerprint density at radius 2 is 2.12 bits per heavy atom. The van der Waals surface area contributed by atoms with Gasteiger partial charge in [0.15, 0.2) is 0 Å². The van der Waals surface area contributed by atoms with Gasteiger partial charge in [-0.05, 0) is 25.1 Å². The van der Waals surface area contributed by atoms with E-state index in [1.54, 1.807) is 0 Å². The number of aryl methyl sites for hydroxylation is 2. The highest BCUT2D eigenvalue weighted by Crippen LogP contribution is 2.26. The van der Waals surface area contributed by atoms with Gasteiger partial charge in [0, 0.05) is 42.1 Å². The summed E-state index contributed by atoms with van der Waals surface area (Å²) in [5.74, 6) is 0.0238. The van der Waals surface area contributed by atoms with Crippen molar-refractivity contribution in [1.29, 1.82) is 0 Å². The first-order chi connectivity index (χ1) is 12.5. The molecule has 0 bridgehead atoms. The normalized spacial score (nSPS) is 17.6. The van der Waals surface area contributed by atoms with Gasteiger partial charge in [0.1, 0.15) is 6.10 Å². The second-order valence-corrected chi connectivity index (χ2v) is 6.75. The molecule has 6 heteroatoms. The molecule has 1 saturated heterocycles. The van der Waals surface area contributed by atoms with Crippen LogP contribution in [0.15, 0.2) is 42.6 Å². The molecule has 1 atom stereocenters. The molecule has 1 aliphatic rings. The van der Waals surface area contributed by atoms with E-state index in [4.69, 9.17) is 10.5 Å². The monoisotopic (exact) mass is 350 g/mol. The summed E-state index contributed by atoms with van der Waals surface area (Å²) in [6.45, 7) is 3.43. The molecule has 1 amide bonds. The second-order valence-electron chi connectivity index (χ2n) is 6.75. The number of benzene rings is 1. The number of hydrogen-bond donors (Lipinski definition) is 1. The molecule has 0 aliphatic carbocycles. The fourth-order valence-electron chi connectivity index (χ4n) is 3.58. The highest BCUT2D eigenvalue weighted by Gasteiger charge is 2.28. The first kappa shape index (κ1) is 16.6. The van der Waals surface area contributed by atoms with Crippen LogP contribution in [-0.4, -0.2) is 40.1 Å². The van der Waals surface area contributed by atoms with Crippen molar-refractivity contribution in [2.45, 2.75) is 13.0 Å². The number of amides is 1. The summed E-state index contributed by atoms with van der Waals surface area (Å²) in [4.78, 5) is 19.5. The standard InChI is InChI=1S/C20H22N4O2/c1-13-9-14(21)10-17(22-13)19-12-24(7-8-26-19)20(25)16-11-23(2)18-6-4-3-5-15(16)18/h3-6,9-11,19H,7-8,12H2,1-2H3,(H2,21,22). The fourth-order valence-corrected chi connectivity index (χ4v) is 3.58. The van der Waals surface area contributed by atoms with E-state index in [-0.39, 0.29) is 12.0 Å². The number of para-hydroxylation sites is 1. The number of ether oxygens (including phenoxy) is 1. The van der Waals surface area contributed by atoms with Crippen LogP contribution in [-0.2, 0) is 11.8 Å². The summed E-state index contributed by atoms with van der Waals surface area (Å²) < 4.78 is 7.86. The number of carbonyl (C=O) groups excluding carboxylic acids is 1. The second kappa shape index (κ2) is 6.46. The van der Waals surface area contributed by atoms with Crippen molar-refractivity contribution in [2.75, 3.05) is 25.4 Å². The maximum absolute atomic E-state index is 13.1. The molecule has 6 nitrogen and oxygen atoms in total. The summed E-state index contributed by atoms with van der Waals surface area (Å²) >= 11 is 0. The Labute approximate surface area is 152 Å². The average molecular weight is 350 g/mol. The van der Waals surface area contributed by atoms with Gasteiger partial charge in [-0.25, -0.2) is 0 Å². The Morgan fingerprint density at radius 1 is 1.31 bits per heavy atom. The van der Waals surface area contributed by atoms with Crippen molar-refractivity contribution in [2.24, 2.45) is 7.05 Å². The van der Waals surface area contributed by atoms with E-state index in [0.717, 1.165) is 27.9 Å². The van der Waals surface area contributed by atoms with E-state index in [9.17, 15) is 4.79 Å². The molecule has 26 heavy (non-hydrogen) atoms. The van der Waals surface area contributed by atoms with Crippen LogP contribution >= 0.6 is 0 Å². The number of nitrogens with zero attached hydrogens (tertiary/aromatic N) is 3. The van der Waals surface area contributed by atoms with Crippen LogP contribution in [0.3, 0.4) is 0 Å². The van der Waals surface area contributed by atoms with Crippen molar-refractivity contribution >= 4 is 22.5 Å². The van der Waals surface area contributed by atoms with Gasteiger partial charge >= 0.3 is 0 Å². The van der Waals surface area contributed by atoms with E-state index in [2.05, 4.69) is 4.98 Å². The lowest BCUT2D eigenvalue weighted by Gasteiger charge is -2.32. The van der Waals surface area contributed by atoms with Crippen molar-refractivity contribution < 1.29 is 9.53 Å². The van der Waals surface area contributed by atoms with Crippen LogP contribution in [0.1, 0.15) is 27.8 Å². The average Bonchev–Trinajstić information content (AvgIpc) is 2.98. The van der Waals surface area contributed by atoms with Gasteiger partial charge < -0.3 is 19.9 Å². The summed E-state index contributed by atoms with van der Waals surface area (Å²) in [6, 6.07) is 11.6. The molecule has 3 aromatic rings. The molecule has 0 saturated carbocycles. The van der Waals surface area contributed by atoms with E-state index < -0.39 is 0 Å². The number of fused-ring (bicyclic) bond motifs is 1. The van der Waals surface area contributed by atoms with Crippen LogP contribution < -0.4 is 5.73 Å². The smallest absolute Gasteiger partial charge is 0.256 e. The number of carbonyl (C=O) groups is 1. The maximum Gasteiger partial charge on any atom is 0.256 e. The first-order valence-corrected chi connectivity index (χ1v) is 8.72. The zero-order valence-electron chi connectivity index (χ0n) is 15.0. The fraction of sp³-hybridized carbons (Fsp3) is 0.300. The van der Waals surface area contributed by atoms with Crippen LogP contribution in [0.25, 0.3) is 10.9 Å². The van der Waals surface area contributed by atoms with Crippen LogP contribution in [0, 0.1) is 6.92 Å².